The first-order chi connectivity index (χ1) is 8.79. The molecule has 1 heterocycles. The van der Waals surface area contributed by atoms with Crippen LogP contribution in [0.15, 0.2) is 24.3 Å². The second kappa shape index (κ2) is 6.34. The highest BCUT2D eigenvalue weighted by Gasteiger charge is 2.15. The summed E-state index contributed by atoms with van der Waals surface area (Å²) < 4.78 is 5.50. The molecule has 94 valence electrons. The van der Waals surface area contributed by atoms with Gasteiger partial charge in [-0.1, -0.05) is 12.1 Å². The van der Waals surface area contributed by atoms with E-state index in [2.05, 4.69) is 16.7 Å². The molecule has 2 N–H and O–H groups in total. The fourth-order valence-corrected chi connectivity index (χ4v) is 2.06. The van der Waals surface area contributed by atoms with Gasteiger partial charge in [-0.05, 0) is 37.2 Å². The predicted octanol–water partition coefficient (Wildman–Crippen LogP) is 2.02. The van der Waals surface area contributed by atoms with Crippen LogP contribution >= 0.6 is 12.2 Å². The van der Waals surface area contributed by atoms with Crippen molar-refractivity contribution in [2.24, 2.45) is 0 Å². The first-order valence-electron chi connectivity index (χ1n) is 5.95. The third-order valence-electron chi connectivity index (χ3n) is 2.81. The van der Waals surface area contributed by atoms with Crippen LogP contribution in [0.2, 0.25) is 0 Å². The minimum atomic E-state index is 0.246. The number of thiocarbonyl (C=S) groups is 1. The van der Waals surface area contributed by atoms with Gasteiger partial charge in [0.1, 0.15) is 6.07 Å². The van der Waals surface area contributed by atoms with Gasteiger partial charge in [0.2, 0.25) is 0 Å². The number of ether oxygens (including phenoxy) is 1. The van der Waals surface area contributed by atoms with E-state index in [0.717, 1.165) is 25.1 Å². The SMILES string of the molecule is N#Cc1ccccc1NC(=S)NCC1CCCO1. The van der Waals surface area contributed by atoms with E-state index in [9.17, 15) is 0 Å². The summed E-state index contributed by atoms with van der Waals surface area (Å²) in [7, 11) is 0. The number of nitrogens with zero attached hydrogens (tertiary/aromatic N) is 1. The zero-order valence-electron chi connectivity index (χ0n) is 9.98. The number of hydrogen-bond donors (Lipinski definition) is 2. The Morgan fingerprint density at radius 3 is 3.06 bits per heavy atom. The van der Waals surface area contributed by atoms with Crippen molar-refractivity contribution in [2.75, 3.05) is 18.5 Å². The van der Waals surface area contributed by atoms with Crippen molar-refractivity contribution in [3.63, 3.8) is 0 Å². The average molecular weight is 261 g/mol. The number of anilines is 1. The van der Waals surface area contributed by atoms with Gasteiger partial charge in [-0.15, -0.1) is 0 Å². The Morgan fingerprint density at radius 2 is 2.33 bits per heavy atom. The Morgan fingerprint density at radius 1 is 1.50 bits per heavy atom. The van der Waals surface area contributed by atoms with Gasteiger partial charge in [-0.3, -0.25) is 0 Å². The van der Waals surface area contributed by atoms with Crippen LogP contribution in [0.3, 0.4) is 0 Å². The molecule has 2 rings (SSSR count). The first-order valence-corrected chi connectivity index (χ1v) is 6.36. The number of nitrogens with one attached hydrogen (secondary N) is 2. The lowest BCUT2D eigenvalue weighted by molar-refractivity contribution is 0.114. The smallest absolute Gasteiger partial charge is 0.170 e. The second-order valence-electron chi connectivity index (χ2n) is 4.13. The van der Waals surface area contributed by atoms with E-state index < -0.39 is 0 Å². The molecule has 1 atom stereocenters. The van der Waals surface area contributed by atoms with Crippen molar-refractivity contribution in [1.29, 1.82) is 5.26 Å². The van der Waals surface area contributed by atoms with Gasteiger partial charge < -0.3 is 15.4 Å². The molecule has 1 fully saturated rings. The number of rotatable bonds is 3. The molecular weight excluding hydrogens is 246 g/mol. The van der Waals surface area contributed by atoms with Gasteiger partial charge in [0.15, 0.2) is 5.11 Å². The predicted molar refractivity (Wildman–Crippen MR) is 74.4 cm³/mol. The maximum absolute atomic E-state index is 8.96. The van der Waals surface area contributed by atoms with Crippen molar-refractivity contribution in [2.45, 2.75) is 18.9 Å². The van der Waals surface area contributed by atoms with Crippen LogP contribution in [0.25, 0.3) is 0 Å². The lowest BCUT2D eigenvalue weighted by atomic mass is 10.2. The molecule has 1 aromatic carbocycles. The number of hydrogen-bond acceptors (Lipinski definition) is 3. The first kappa shape index (κ1) is 12.8. The quantitative estimate of drug-likeness (QED) is 0.815. The molecule has 0 radical (unpaired) electrons. The summed E-state index contributed by atoms with van der Waals surface area (Å²) in [6.45, 7) is 1.55. The van der Waals surface area contributed by atoms with Crippen LogP contribution < -0.4 is 10.6 Å². The lowest BCUT2D eigenvalue weighted by Gasteiger charge is -2.14. The van der Waals surface area contributed by atoms with E-state index in [1.807, 2.05) is 18.2 Å². The molecule has 0 aliphatic carbocycles. The summed E-state index contributed by atoms with van der Waals surface area (Å²) in [5.74, 6) is 0. The molecule has 5 heteroatoms. The molecule has 1 aliphatic rings. The molecule has 0 bridgehead atoms. The van der Waals surface area contributed by atoms with E-state index >= 15 is 0 Å². The standard InChI is InChI=1S/C13H15N3OS/c14-8-10-4-1-2-6-12(10)16-13(18)15-9-11-5-3-7-17-11/h1-2,4,6,11H,3,5,7,9H2,(H2,15,16,18). The summed E-state index contributed by atoms with van der Waals surface area (Å²) in [6.07, 6.45) is 2.43. The summed E-state index contributed by atoms with van der Waals surface area (Å²) in [5, 5.41) is 15.6. The van der Waals surface area contributed by atoms with Crippen LogP contribution in [0.5, 0.6) is 0 Å². The van der Waals surface area contributed by atoms with Crippen molar-refractivity contribution in [3.05, 3.63) is 29.8 Å². The molecule has 1 aromatic rings. The number of benzene rings is 1. The highest BCUT2D eigenvalue weighted by atomic mass is 32.1. The van der Waals surface area contributed by atoms with Gasteiger partial charge in [0.05, 0.1) is 17.4 Å². The summed E-state index contributed by atoms with van der Waals surface area (Å²) >= 11 is 5.19. The van der Waals surface area contributed by atoms with E-state index in [0.29, 0.717) is 17.2 Å². The average Bonchev–Trinajstić information content (AvgIpc) is 2.90. The molecule has 1 aliphatic heterocycles. The monoisotopic (exact) mass is 261 g/mol. The summed E-state index contributed by atoms with van der Waals surface area (Å²) in [5.41, 5.74) is 1.31. The number of para-hydroxylation sites is 1. The van der Waals surface area contributed by atoms with Crippen molar-refractivity contribution in [3.8, 4) is 6.07 Å². The van der Waals surface area contributed by atoms with Crippen LogP contribution in [0.1, 0.15) is 18.4 Å². The summed E-state index contributed by atoms with van der Waals surface area (Å²) in [4.78, 5) is 0. The highest BCUT2D eigenvalue weighted by molar-refractivity contribution is 7.80. The van der Waals surface area contributed by atoms with Gasteiger partial charge in [0, 0.05) is 13.2 Å². The highest BCUT2D eigenvalue weighted by Crippen LogP contribution is 2.14. The van der Waals surface area contributed by atoms with Crippen molar-refractivity contribution in [1.82, 2.24) is 5.32 Å². The molecule has 0 spiro atoms. The van der Waals surface area contributed by atoms with Crippen LogP contribution in [-0.2, 0) is 4.74 Å². The van der Waals surface area contributed by atoms with E-state index in [4.69, 9.17) is 22.2 Å². The van der Waals surface area contributed by atoms with Gasteiger partial charge in [-0.25, -0.2) is 0 Å². The van der Waals surface area contributed by atoms with E-state index in [-0.39, 0.29) is 6.10 Å². The molecular formula is C13H15N3OS. The molecule has 0 amide bonds. The summed E-state index contributed by atoms with van der Waals surface area (Å²) in [6, 6.07) is 9.40. The minimum Gasteiger partial charge on any atom is -0.376 e. The Labute approximate surface area is 112 Å². The van der Waals surface area contributed by atoms with E-state index in [1.165, 1.54) is 0 Å². The molecule has 0 saturated carbocycles. The minimum absolute atomic E-state index is 0.246. The zero-order chi connectivity index (χ0) is 12.8. The van der Waals surface area contributed by atoms with Gasteiger partial charge in [0.25, 0.3) is 0 Å². The fraction of sp³-hybridized carbons (Fsp3) is 0.385. The normalized spacial score (nSPS) is 18.1. The Hall–Kier alpha value is -1.64. The van der Waals surface area contributed by atoms with Crippen molar-refractivity contribution >= 4 is 23.0 Å². The molecule has 18 heavy (non-hydrogen) atoms. The topological polar surface area (TPSA) is 57.1 Å². The van der Waals surface area contributed by atoms with Crippen LogP contribution in [0.4, 0.5) is 5.69 Å². The van der Waals surface area contributed by atoms with Gasteiger partial charge >= 0.3 is 0 Å². The molecule has 0 aromatic heterocycles. The fourth-order valence-electron chi connectivity index (χ4n) is 1.87. The molecule has 4 nitrogen and oxygen atoms in total. The Kier molecular flexibility index (Phi) is 4.51. The third-order valence-corrected chi connectivity index (χ3v) is 3.06. The van der Waals surface area contributed by atoms with Crippen LogP contribution in [-0.4, -0.2) is 24.4 Å². The Balaban J connectivity index is 1.85. The van der Waals surface area contributed by atoms with Crippen LogP contribution in [0, 0.1) is 11.3 Å². The Bertz CT molecular complexity index is 464. The lowest BCUT2D eigenvalue weighted by Crippen LogP contribution is -2.34. The van der Waals surface area contributed by atoms with E-state index in [1.54, 1.807) is 6.07 Å². The molecule has 1 saturated heterocycles. The van der Waals surface area contributed by atoms with Gasteiger partial charge in [-0.2, -0.15) is 5.26 Å². The maximum atomic E-state index is 8.96. The largest absolute Gasteiger partial charge is 0.376 e. The molecule has 1 unspecified atom stereocenters. The third kappa shape index (κ3) is 3.42. The second-order valence-corrected chi connectivity index (χ2v) is 4.54. The zero-order valence-corrected chi connectivity index (χ0v) is 10.8. The van der Waals surface area contributed by atoms with Crippen molar-refractivity contribution < 1.29 is 4.74 Å². The maximum Gasteiger partial charge on any atom is 0.170 e. The number of nitriles is 1.